The number of thiophene rings is 1. The number of nitrogens with zero attached hydrogens (tertiary/aromatic N) is 2. The molecule has 2 rings (SSSR count). The van der Waals surface area contributed by atoms with Gasteiger partial charge < -0.3 is 10.0 Å². The van der Waals surface area contributed by atoms with Crippen LogP contribution in [0, 0.1) is 23.2 Å². The van der Waals surface area contributed by atoms with Crippen molar-refractivity contribution in [2.45, 2.75) is 68.7 Å². The highest BCUT2D eigenvalue weighted by atomic mass is 32.2. The van der Waals surface area contributed by atoms with E-state index in [1.807, 2.05) is 13.0 Å². The lowest BCUT2D eigenvalue weighted by Crippen LogP contribution is -2.27. The standard InChI is InChI=1S/C23H27N3S2.C5H12O.C4H10/c1-6-20(26(7-2)8-3)14-18-9-10-19(13-16(18)4)22-12-11-21(27-22)17(5)23(15-24)28-25;1-5(2)3-4-6;1-4(2)3/h6,9-14H,4,7-8,25H2,1-3,5H3;5-6H,3-4H2,1-2H3;4H,1-3H3/b18-14-,20-6+,23-17+;;. The molecule has 0 saturated heterocycles. The zero-order valence-electron chi connectivity index (χ0n) is 25.0. The van der Waals surface area contributed by atoms with Crippen LogP contribution in [0.1, 0.15) is 73.6 Å². The normalized spacial score (nSPS) is 12.3. The first kappa shape index (κ1) is 35.7. The highest BCUT2D eigenvalue weighted by Gasteiger charge is 2.09. The largest absolute Gasteiger partial charge is 0.396 e. The maximum atomic E-state index is 9.19. The number of nitrogens with two attached hydrogens (primary N) is 1. The van der Waals surface area contributed by atoms with Gasteiger partial charge in [-0.25, -0.2) is 0 Å². The van der Waals surface area contributed by atoms with Crippen molar-refractivity contribution in [1.29, 1.82) is 5.26 Å². The first-order valence-electron chi connectivity index (χ1n) is 13.4. The fourth-order valence-electron chi connectivity index (χ4n) is 3.27. The molecule has 0 aliphatic rings. The van der Waals surface area contributed by atoms with Gasteiger partial charge in [0.25, 0.3) is 0 Å². The fraction of sp³-hybridized carbons (Fsp3) is 0.469. The van der Waals surface area contributed by atoms with Gasteiger partial charge in [0, 0.05) is 35.1 Å². The number of nitriles is 1. The molecule has 6 heteroatoms. The molecule has 1 heterocycles. The van der Waals surface area contributed by atoms with E-state index in [-0.39, 0.29) is 0 Å². The maximum absolute atomic E-state index is 9.19. The van der Waals surface area contributed by atoms with E-state index in [0.717, 1.165) is 68.7 Å². The minimum absolute atomic E-state index is 0.331. The van der Waals surface area contributed by atoms with E-state index in [2.05, 4.69) is 109 Å². The monoisotopic (exact) mass is 555 g/mol. The summed E-state index contributed by atoms with van der Waals surface area (Å²) in [5.74, 6) is 1.48. The van der Waals surface area contributed by atoms with Gasteiger partial charge in [-0.1, -0.05) is 59.4 Å². The van der Waals surface area contributed by atoms with Crippen LogP contribution >= 0.6 is 23.3 Å². The molecule has 0 amide bonds. The third kappa shape index (κ3) is 13.0. The highest BCUT2D eigenvalue weighted by molar-refractivity contribution is 8.01. The Morgan fingerprint density at radius 3 is 2.16 bits per heavy atom. The molecule has 210 valence electrons. The Morgan fingerprint density at radius 2 is 1.76 bits per heavy atom. The smallest absolute Gasteiger partial charge is 0.108 e. The number of rotatable bonds is 9. The molecule has 0 aliphatic carbocycles. The summed E-state index contributed by atoms with van der Waals surface area (Å²) in [6.45, 7) is 25.6. The molecular weight excluding hydrogens is 507 g/mol. The molecule has 0 saturated carbocycles. The quantitative estimate of drug-likeness (QED) is 0.249. The molecule has 0 fully saturated rings. The van der Waals surface area contributed by atoms with Crippen molar-refractivity contribution in [2.75, 3.05) is 19.7 Å². The molecule has 38 heavy (non-hydrogen) atoms. The van der Waals surface area contributed by atoms with Crippen molar-refractivity contribution in [2.24, 2.45) is 17.0 Å². The van der Waals surface area contributed by atoms with Gasteiger partial charge in [-0.05, 0) is 104 Å². The molecule has 2 aromatic rings. The lowest BCUT2D eigenvalue weighted by Gasteiger charge is -2.21. The Balaban J connectivity index is 0.00000116. The average molecular weight is 556 g/mol. The summed E-state index contributed by atoms with van der Waals surface area (Å²) in [7, 11) is 0. The SMILES string of the molecule is C=c1cc(-c2ccc(/C(C)=C(\C#N)SN)s2)cc/c1=C/C(=C\C)N(CC)CC.CC(C)C.CC(C)CCO. The molecule has 0 aliphatic heterocycles. The number of aliphatic hydroxyl groups excluding tert-OH is 1. The van der Waals surface area contributed by atoms with Crippen LogP contribution in [-0.2, 0) is 0 Å². The molecule has 0 unspecified atom stereocenters. The summed E-state index contributed by atoms with van der Waals surface area (Å²) in [6.07, 6.45) is 5.27. The van der Waals surface area contributed by atoms with E-state index in [1.54, 1.807) is 11.3 Å². The maximum Gasteiger partial charge on any atom is 0.108 e. The zero-order chi connectivity index (χ0) is 29.3. The summed E-state index contributed by atoms with van der Waals surface area (Å²) >= 11 is 2.66. The summed E-state index contributed by atoms with van der Waals surface area (Å²) < 4.78 is 0. The molecule has 3 N–H and O–H groups in total. The number of hydrogen-bond acceptors (Lipinski definition) is 6. The van der Waals surface area contributed by atoms with Gasteiger partial charge in [0.05, 0.1) is 0 Å². The first-order chi connectivity index (χ1) is 18.0. The number of hydrogen-bond donors (Lipinski definition) is 2. The molecule has 4 nitrogen and oxygen atoms in total. The molecule has 1 aromatic heterocycles. The topological polar surface area (TPSA) is 73.3 Å². The van der Waals surface area contributed by atoms with Crippen molar-refractivity contribution in [3.8, 4) is 16.5 Å². The van der Waals surface area contributed by atoms with Crippen molar-refractivity contribution in [3.63, 3.8) is 0 Å². The zero-order valence-corrected chi connectivity index (χ0v) is 26.6. The van der Waals surface area contributed by atoms with Crippen LogP contribution < -0.4 is 15.6 Å². The van der Waals surface area contributed by atoms with E-state index in [4.69, 9.17) is 10.2 Å². The Bertz CT molecular complexity index is 1160. The van der Waals surface area contributed by atoms with Gasteiger partial charge >= 0.3 is 0 Å². The lowest BCUT2D eigenvalue weighted by molar-refractivity contribution is 0.268. The van der Waals surface area contributed by atoms with Crippen LogP contribution in [0.25, 0.3) is 28.7 Å². The minimum Gasteiger partial charge on any atom is -0.396 e. The number of aliphatic hydroxyl groups is 1. The van der Waals surface area contributed by atoms with Gasteiger partial charge in [0.2, 0.25) is 0 Å². The minimum atomic E-state index is 0.331. The molecule has 0 radical (unpaired) electrons. The molecular formula is C32H49N3OS2. The molecule has 1 aromatic carbocycles. The summed E-state index contributed by atoms with van der Waals surface area (Å²) in [6, 6.07) is 12.7. The Hall–Kier alpha value is -2.30. The van der Waals surface area contributed by atoms with Crippen LogP contribution in [0.4, 0.5) is 0 Å². The van der Waals surface area contributed by atoms with E-state index < -0.39 is 0 Å². The van der Waals surface area contributed by atoms with Gasteiger partial charge in [0.15, 0.2) is 0 Å². The van der Waals surface area contributed by atoms with Crippen LogP contribution in [0.2, 0.25) is 0 Å². The number of benzene rings is 1. The van der Waals surface area contributed by atoms with Crippen molar-refractivity contribution < 1.29 is 5.11 Å². The van der Waals surface area contributed by atoms with Crippen LogP contribution in [0.5, 0.6) is 0 Å². The van der Waals surface area contributed by atoms with Crippen LogP contribution in [0.15, 0.2) is 47.0 Å². The first-order valence-corrected chi connectivity index (χ1v) is 15.1. The summed E-state index contributed by atoms with van der Waals surface area (Å²) in [4.78, 5) is 5.09. The Labute approximate surface area is 240 Å². The van der Waals surface area contributed by atoms with E-state index in [9.17, 15) is 5.26 Å². The van der Waals surface area contributed by atoms with E-state index in [1.165, 1.54) is 5.70 Å². The number of allylic oxidation sites excluding steroid dienone is 4. The van der Waals surface area contributed by atoms with E-state index >= 15 is 0 Å². The van der Waals surface area contributed by atoms with Crippen molar-refractivity contribution in [1.82, 2.24) is 4.90 Å². The molecule has 0 bridgehead atoms. The third-order valence-electron chi connectivity index (χ3n) is 5.40. The molecule has 0 atom stereocenters. The summed E-state index contributed by atoms with van der Waals surface area (Å²) in [5, 5.41) is 25.1. The molecule has 0 spiro atoms. The van der Waals surface area contributed by atoms with Crippen LogP contribution in [-0.4, -0.2) is 29.7 Å². The predicted octanol–water partition coefficient (Wildman–Crippen LogP) is 7.40. The lowest BCUT2D eigenvalue weighted by atomic mass is 10.1. The second kappa shape index (κ2) is 19.7. The van der Waals surface area contributed by atoms with Gasteiger partial charge in [0.1, 0.15) is 11.0 Å². The second-order valence-electron chi connectivity index (χ2n) is 9.93. The highest BCUT2D eigenvalue weighted by Crippen LogP contribution is 2.33. The van der Waals surface area contributed by atoms with Gasteiger partial charge in [-0.15, -0.1) is 11.3 Å². The van der Waals surface area contributed by atoms with Gasteiger partial charge in [-0.2, -0.15) is 5.26 Å². The summed E-state index contributed by atoms with van der Waals surface area (Å²) in [5.41, 5.74) is 3.27. The fourth-order valence-corrected chi connectivity index (χ4v) is 4.68. The third-order valence-corrected chi connectivity index (χ3v) is 7.28. The Morgan fingerprint density at radius 1 is 1.16 bits per heavy atom. The van der Waals surface area contributed by atoms with E-state index in [0.29, 0.717) is 17.4 Å². The van der Waals surface area contributed by atoms with Crippen molar-refractivity contribution in [3.05, 3.63) is 62.3 Å². The van der Waals surface area contributed by atoms with Crippen molar-refractivity contribution >= 4 is 41.5 Å². The Kier molecular flexibility index (Phi) is 18.5. The predicted molar refractivity (Wildman–Crippen MR) is 173 cm³/mol. The average Bonchev–Trinajstić information content (AvgIpc) is 3.36. The van der Waals surface area contributed by atoms with Gasteiger partial charge in [-0.3, -0.25) is 5.14 Å². The van der Waals surface area contributed by atoms with Crippen LogP contribution in [0.3, 0.4) is 0 Å². The second-order valence-corrected chi connectivity index (χ2v) is 11.7.